The first-order valence-electron chi connectivity index (χ1n) is 9.03. The molecule has 2 aromatic carbocycles. The molecule has 0 aliphatic carbocycles. The van der Waals surface area contributed by atoms with Gasteiger partial charge in [0.05, 0.1) is 16.2 Å². The van der Waals surface area contributed by atoms with Crippen LogP contribution in [0, 0.1) is 5.82 Å². The Morgan fingerprint density at radius 1 is 1.25 bits per heavy atom. The van der Waals surface area contributed by atoms with E-state index in [2.05, 4.69) is 0 Å². The van der Waals surface area contributed by atoms with Crippen molar-refractivity contribution in [2.24, 2.45) is 5.73 Å². The Morgan fingerprint density at radius 2 is 2.04 bits per heavy atom. The molecule has 3 atom stereocenters. The molecule has 3 unspecified atom stereocenters. The van der Waals surface area contributed by atoms with E-state index < -0.39 is 23.4 Å². The van der Waals surface area contributed by atoms with Crippen molar-refractivity contribution in [3.63, 3.8) is 0 Å². The Morgan fingerprint density at radius 3 is 2.75 bits per heavy atom. The van der Waals surface area contributed by atoms with E-state index in [4.69, 9.17) is 22.1 Å². The maximum atomic E-state index is 14.1. The molecule has 0 fully saturated rings. The molecule has 0 saturated carbocycles. The highest BCUT2D eigenvalue weighted by Crippen LogP contribution is 2.50. The first-order valence-corrected chi connectivity index (χ1v) is 9.40. The molecule has 0 radical (unpaired) electrons. The fourth-order valence-corrected chi connectivity index (χ4v) is 4.69. The van der Waals surface area contributed by atoms with Crippen molar-refractivity contribution >= 4 is 29.4 Å². The molecule has 5 rings (SSSR count). The Labute approximate surface area is 166 Å². The van der Waals surface area contributed by atoms with Crippen LogP contribution in [0.5, 0.6) is 0 Å². The quantitative estimate of drug-likeness (QED) is 0.638. The van der Waals surface area contributed by atoms with Gasteiger partial charge < -0.3 is 10.5 Å². The van der Waals surface area contributed by atoms with Gasteiger partial charge in [0.2, 0.25) is 11.6 Å². The standard InChI is InChI=1S/C22H16ClFN2O2/c23-14-9-15(24)11-16(10-14)26-12-17-20(21(25)27)18-6-7-22(17,28-18)19(26)8-13-4-2-1-3-5-13/h1-7,9-12,18-19H,8H2,(H-,25,27)/p+1. The number of carbonyl (C=O) groups is 1. The van der Waals surface area contributed by atoms with Crippen LogP contribution in [0.1, 0.15) is 5.56 Å². The van der Waals surface area contributed by atoms with Crippen molar-refractivity contribution in [3.8, 4) is 0 Å². The number of benzene rings is 2. The topological polar surface area (TPSA) is 55.3 Å². The smallest absolute Gasteiger partial charge is 0.248 e. The Kier molecular flexibility index (Phi) is 3.79. The zero-order valence-corrected chi connectivity index (χ0v) is 15.6. The van der Waals surface area contributed by atoms with Crippen LogP contribution in [0.25, 0.3) is 0 Å². The molecule has 0 aromatic heterocycles. The molecule has 4 nitrogen and oxygen atoms in total. The van der Waals surface area contributed by atoms with Crippen molar-refractivity contribution in [1.82, 2.24) is 0 Å². The van der Waals surface area contributed by atoms with Gasteiger partial charge in [-0.3, -0.25) is 4.79 Å². The largest absolute Gasteiger partial charge is 0.366 e. The molecule has 6 heteroatoms. The van der Waals surface area contributed by atoms with Crippen LogP contribution in [0.4, 0.5) is 10.1 Å². The van der Waals surface area contributed by atoms with Gasteiger partial charge in [-0.25, -0.2) is 4.39 Å². The number of nitrogens with zero attached hydrogens (tertiary/aromatic N) is 1. The predicted octanol–water partition coefficient (Wildman–Crippen LogP) is 3.31. The van der Waals surface area contributed by atoms with Crippen LogP contribution in [0.15, 0.2) is 71.8 Å². The van der Waals surface area contributed by atoms with Gasteiger partial charge in [0.1, 0.15) is 11.9 Å². The van der Waals surface area contributed by atoms with Gasteiger partial charge >= 0.3 is 0 Å². The van der Waals surface area contributed by atoms with E-state index in [9.17, 15) is 9.18 Å². The number of fused-ring (bicyclic) bond motifs is 1. The molecule has 3 aliphatic rings. The molecule has 0 saturated heterocycles. The molecule has 2 N–H and O–H groups in total. The molecule has 2 bridgehead atoms. The summed E-state index contributed by atoms with van der Waals surface area (Å²) < 4.78 is 22.3. The molecular formula is C22H17ClFN2O2+. The number of nitrogens with two attached hydrogens (primary N) is 1. The van der Waals surface area contributed by atoms with E-state index in [-0.39, 0.29) is 6.04 Å². The zero-order valence-electron chi connectivity index (χ0n) is 14.8. The van der Waals surface area contributed by atoms with Crippen molar-refractivity contribution < 1.29 is 18.5 Å². The molecule has 1 spiro atoms. The zero-order chi connectivity index (χ0) is 19.5. The van der Waals surface area contributed by atoms with Crippen LogP contribution in [-0.2, 0) is 16.0 Å². The summed E-state index contributed by atoms with van der Waals surface area (Å²) in [6.45, 7) is 0. The van der Waals surface area contributed by atoms with Gasteiger partial charge in [0.15, 0.2) is 17.9 Å². The molecule has 1 amide bonds. The first-order chi connectivity index (χ1) is 13.5. The van der Waals surface area contributed by atoms with Crippen molar-refractivity contribution in [1.29, 1.82) is 0 Å². The monoisotopic (exact) mass is 395 g/mol. The lowest BCUT2D eigenvalue weighted by Crippen LogP contribution is -2.43. The molecule has 3 heterocycles. The number of amides is 1. The Bertz CT molecular complexity index is 1070. The normalized spacial score (nSPS) is 27.3. The van der Waals surface area contributed by atoms with Gasteiger partial charge in [0.25, 0.3) is 0 Å². The number of carbonyl (C=O) groups excluding carboxylic acids is 1. The third kappa shape index (κ3) is 2.47. The molecule has 2 aromatic rings. The van der Waals surface area contributed by atoms with Crippen LogP contribution in [0.3, 0.4) is 0 Å². The number of primary amides is 1. The van der Waals surface area contributed by atoms with E-state index >= 15 is 0 Å². The van der Waals surface area contributed by atoms with Crippen LogP contribution in [-0.4, -0.2) is 34.4 Å². The lowest BCUT2D eigenvalue weighted by Gasteiger charge is -2.25. The van der Waals surface area contributed by atoms with Gasteiger partial charge in [-0.2, -0.15) is 4.58 Å². The van der Waals surface area contributed by atoms with E-state index in [1.165, 1.54) is 12.1 Å². The summed E-state index contributed by atoms with van der Waals surface area (Å²) in [6, 6.07) is 14.2. The average Bonchev–Trinajstić information content (AvgIpc) is 3.30. The van der Waals surface area contributed by atoms with Gasteiger partial charge in [0, 0.05) is 18.6 Å². The minimum absolute atomic E-state index is 0.208. The highest BCUT2D eigenvalue weighted by atomic mass is 35.5. The van der Waals surface area contributed by atoms with Crippen molar-refractivity contribution in [3.05, 3.63) is 88.2 Å². The lowest BCUT2D eigenvalue weighted by molar-refractivity contribution is -0.489. The minimum Gasteiger partial charge on any atom is -0.366 e. The summed E-state index contributed by atoms with van der Waals surface area (Å²) in [7, 11) is 0. The Hall–Kier alpha value is -2.76. The molecular weight excluding hydrogens is 379 g/mol. The summed E-state index contributed by atoms with van der Waals surface area (Å²) >= 11 is 6.10. The second kappa shape index (κ2) is 6.12. The van der Waals surface area contributed by atoms with E-state index in [0.717, 1.165) is 11.1 Å². The number of hydrogen-bond donors (Lipinski definition) is 1. The maximum Gasteiger partial charge on any atom is 0.248 e. The van der Waals surface area contributed by atoms with Gasteiger partial charge in [-0.05, 0) is 17.7 Å². The summed E-state index contributed by atoms with van der Waals surface area (Å²) in [6.07, 6.45) is 5.92. The highest BCUT2D eigenvalue weighted by Gasteiger charge is 2.63. The minimum atomic E-state index is -0.788. The lowest BCUT2D eigenvalue weighted by atomic mass is 9.82. The summed E-state index contributed by atoms with van der Waals surface area (Å²) in [5, 5.41) is 0.307. The fourth-order valence-electron chi connectivity index (χ4n) is 4.47. The van der Waals surface area contributed by atoms with E-state index in [1.54, 1.807) is 6.07 Å². The second-order valence-electron chi connectivity index (χ2n) is 7.25. The summed E-state index contributed by atoms with van der Waals surface area (Å²) in [5.74, 6) is -0.922. The second-order valence-corrected chi connectivity index (χ2v) is 7.69. The maximum absolute atomic E-state index is 14.1. The van der Waals surface area contributed by atoms with E-state index in [1.807, 2.05) is 53.3 Å². The third-order valence-electron chi connectivity index (χ3n) is 5.62. The van der Waals surface area contributed by atoms with E-state index in [0.29, 0.717) is 22.7 Å². The van der Waals surface area contributed by atoms with Crippen LogP contribution in [0.2, 0.25) is 5.02 Å². The Balaban J connectivity index is 1.69. The first kappa shape index (κ1) is 17.3. The van der Waals surface area contributed by atoms with Gasteiger partial charge in [-0.1, -0.05) is 48.0 Å². The number of rotatable bonds is 4. The van der Waals surface area contributed by atoms with Gasteiger partial charge in [-0.15, -0.1) is 0 Å². The number of ether oxygens (including phenoxy) is 1. The number of halogens is 2. The predicted molar refractivity (Wildman–Crippen MR) is 104 cm³/mol. The van der Waals surface area contributed by atoms with Crippen molar-refractivity contribution in [2.75, 3.05) is 0 Å². The molecule has 28 heavy (non-hydrogen) atoms. The van der Waals surface area contributed by atoms with Crippen molar-refractivity contribution in [2.45, 2.75) is 24.2 Å². The molecule has 140 valence electrons. The molecule has 3 aliphatic heterocycles. The average molecular weight is 396 g/mol. The summed E-state index contributed by atoms with van der Waals surface area (Å²) in [4.78, 5) is 12.1. The fraction of sp³-hybridized carbons (Fsp3) is 0.182. The summed E-state index contributed by atoms with van der Waals surface area (Å²) in [5.41, 5.74) is 7.77. The van der Waals surface area contributed by atoms with Crippen LogP contribution >= 0.6 is 11.6 Å². The SMILES string of the molecule is NC(=O)C1=C2C=[N+](c3cc(F)cc(Cl)c3)C(Cc3ccccc3)C23C=CC1O3. The number of hydrogen-bond acceptors (Lipinski definition) is 2. The highest BCUT2D eigenvalue weighted by molar-refractivity contribution is 6.30. The van der Waals surface area contributed by atoms with Crippen LogP contribution < -0.4 is 5.73 Å². The third-order valence-corrected chi connectivity index (χ3v) is 5.84.